The molecule has 0 atom stereocenters. The molecule has 2 aromatic rings. The zero-order chi connectivity index (χ0) is 14.5. The van der Waals surface area contributed by atoms with Crippen LogP contribution < -0.4 is 5.32 Å². The maximum Gasteiger partial charge on any atom is 0.163 e. The van der Waals surface area contributed by atoms with Crippen molar-refractivity contribution in [1.82, 2.24) is 19.7 Å². The molecular formula is C14H23N5O. The maximum absolute atomic E-state index is 5.65. The smallest absolute Gasteiger partial charge is 0.163 e. The lowest BCUT2D eigenvalue weighted by Crippen LogP contribution is -2.05. The van der Waals surface area contributed by atoms with Crippen LogP contribution in [0.1, 0.15) is 32.5 Å². The lowest BCUT2D eigenvalue weighted by atomic mass is 10.1. The molecule has 2 heterocycles. The molecular weight excluding hydrogens is 254 g/mol. The summed E-state index contributed by atoms with van der Waals surface area (Å²) in [5.74, 6) is 2.20. The summed E-state index contributed by atoms with van der Waals surface area (Å²) in [6.45, 7) is 5.63. The Morgan fingerprint density at radius 3 is 2.85 bits per heavy atom. The van der Waals surface area contributed by atoms with Gasteiger partial charge in [0.1, 0.15) is 12.4 Å². The van der Waals surface area contributed by atoms with Gasteiger partial charge < -0.3 is 10.1 Å². The molecule has 0 radical (unpaired) electrons. The van der Waals surface area contributed by atoms with Crippen LogP contribution in [0.15, 0.2) is 6.20 Å². The second-order valence-corrected chi connectivity index (χ2v) is 5.33. The molecule has 2 aromatic heterocycles. The summed E-state index contributed by atoms with van der Waals surface area (Å²) in [6, 6.07) is 0. The number of rotatable bonds is 7. The SMILES string of the molecule is CNc1nc(COCCCC(C)C)nc2c1cnn2C. The average molecular weight is 277 g/mol. The van der Waals surface area contributed by atoms with E-state index < -0.39 is 0 Å². The molecule has 0 aliphatic heterocycles. The minimum absolute atomic E-state index is 0.438. The largest absolute Gasteiger partial charge is 0.373 e. The van der Waals surface area contributed by atoms with E-state index in [0.717, 1.165) is 35.8 Å². The monoisotopic (exact) mass is 277 g/mol. The number of hydrogen-bond acceptors (Lipinski definition) is 5. The summed E-state index contributed by atoms with van der Waals surface area (Å²) in [4.78, 5) is 8.97. The average Bonchev–Trinajstić information content (AvgIpc) is 2.79. The molecule has 0 amide bonds. The third-order valence-corrected chi connectivity index (χ3v) is 3.18. The number of aromatic nitrogens is 4. The van der Waals surface area contributed by atoms with Gasteiger partial charge in [-0.15, -0.1) is 0 Å². The molecule has 0 saturated carbocycles. The van der Waals surface area contributed by atoms with Crippen LogP contribution in [0.5, 0.6) is 0 Å². The molecule has 110 valence electrons. The van der Waals surface area contributed by atoms with Gasteiger partial charge in [0, 0.05) is 20.7 Å². The van der Waals surface area contributed by atoms with Crippen LogP contribution >= 0.6 is 0 Å². The number of ether oxygens (including phenoxy) is 1. The molecule has 0 aromatic carbocycles. The fourth-order valence-corrected chi connectivity index (χ4v) is 2.08. The van der Waals surface area contributed by atoms with E-state index >= 15 is 0 Å². The Kier molecular flexibility index (Phi) is 4.89. The van der Waals surface area contributed by atoms with E-state index in [4.69, 9.17) is 4.74 Å². The first-order chi connectivity index (χ1) is 9.61. The minimum atomic E-state index is 0.438. The van der Waals surface area contributed by atoms with Gasteiger partial charge in [0.15, 0.2) is 11.5 Å². The maximum atomic E-state index is 5.65. The summed E-state index contributed by atoms with van der Waals surface area (Å²) < 4.78 is 7.40. The molecule has 0 spiro atoms. The zero-order valence-corrected chi connectivity index (χ0v) is 12.7. The Morgan fingerprint density at radius 2 is 2.15 bits per heavy atom. The van der Waals surface area contributed by atoms with Crippen molar-refractivity contribution in [2.24, 2.45) is 13.0 Å². The number of nitrogens with zero attached hydrogens (tertiary/aromatic N) is 4. The van der Waals surface area contributed by atoms with E-state index in [1.807, 2.05) is 14.1 Å². The van der Waals surface area contributed by atoms with Crippen LogP contribution in [-0.2, 0) is 18.4 Å². The molecule has 0 bridgehead atoms. The number of aryl methyl sites for hydroxylation is 1. The Morgan fingerprint density at radius 1 is 1.35 bits per heavy atom. The van der Waals surface area contributed by atoms with Gasteiger partial charge in [0.25, 0.3) is 0 Å². The molecule has 0 aliphatic carbocycles. The molecule has 6 nitrogen and oxygen atoms in total. The van der Waals surface area contributed by atoms with Crippen molar-refractivity contribution in [3.8, 4) is 0 Å². The summed E-state index contributed by atoms with van der Waals surface area (Å²) in [5.41, 5.74) is 0.824. The Hall–Kier alpha value is -1.69. The predicted molar refractivity (Wildman–Crippen MR) is 79.6 cm³/mol. The quantitative estimate of drug-likeness (QED) is 0.787. The van der Waals surface area contributed by atoms with Gasteiger partial charge >= 0.3 is 0 Å². The Balaban J connectivity index is 2.01. The number of hydrogen-bond donors (Lipinski definition) is 1. The summed E-state index contributed by atoms with van der Waals surface area (Å²) in [7, 11) is 3.73. The Labute approximate surface area is 119 Å². The molecule has 6 heteroatoms. The summed E-state index contributed by atoms with van der Waals surface area (Å²) in [6.07, 6.45) is 4.03. The van der Waals surface area contributed by atoms with Crippen molar-refractivity contribution in [1.29, 1.82) is 0 Å². The third kappa shape index (κ3) is 3.45. The van der Waals surface area contributed by atoms with Crippen LogP contribution in [0, 0.1) is 5.92 Å². The molecule has 2 rings (SSSR count). The van der Waals surface area contributed by atoms with Gasteiger partial charge in [-0.05, 0) is 18.8 Å². The fourth-order valence-electron chi connectivity index (χ4n) is 2.08. The van der Waals surface area contributed by atoms with Gasteiger partial charge in [-0.1, -0.05) is 13.8 Å². The van der Waals surface area contributed by atoms with E-state index in [0.29, 0.717) is 12.4 Å². The van der Waals surface area contributed by atoms with Crippen molar-refractivity contribution in [2.45, 2.75) is 33.3 Å². The van der Waals surface area contributed by atoms with Crippen LogP contribution in [0.25, 0.3) is 11.0 Å². The lowest BCUT2D eigenvalue weighted by molar-refractivity contribution is 0.110. The highest BCUT2D eigenvalue weighted by molar-refractivity contribution is 5.86. The number of fused-ring (bicyclic) bond motifs is 1. The van der Waals surface area contributed by atoms with E-state index in [1.54, 1.807) is 10.9 Å². The summed E-state index contributed by atoms with van der Waals surface area (Å²) in [5, 5.41) is 8.22. The molecule has 0 aliphatic rings. The van der Waals surface area contributed by atoms with Crippen molar-refractivity contribution in [3.05, 3.63) is 12.0 Å². The number of anilines is 1. The first kappa shape index (κ1) is 14.7. The van der Waals surface area contributed by atoms with Crippen molar-refractivity contribution < 1.29 is 4.74 Å². The van der Waals surface area contributed by atoms with Crippen LogP contribution in [0.4, 0.5) is 5.82 Å². The molecule has 1 N–H and O–H groups in total. The van der Waals surface area contributed by atoms with Crippen LogP contribution in [-0.4, -0.2) is 33.4 Å². The highest BCUT2D eigenvalue weighted by atomic mass is 16.5. The van der Waals surface area contributed by atoms with E-state index in [-0.39, 0.29) is 0 Å². The minimum Gasteiger partial charge on any atom is -0.373 e. The first-order valence-electron chi connectivity index (χ1n) is 7.06. The highest BCUT2D eigenvalue weighted by Crippen LogP contribution is 2.19. The van der Waals surface area contributed by atoms with Gasteiger partial charge in [0.2, 0.25) is 0 Å². The van der Waals surface area contributed by atoms with Crippen LogP contribution in [0.2, 0.25) is 0 Å². The van der Waals surface area contributed by atoms with E-state index in [1.165, 1.54) is 6.42 Å². The molecule has 0 fully saturated rings. The van der Waals surface area contributed by atoms with Gasteiger partial charge in [-0.25, -0.2) is 9.97 Å². The zero-order valence-electron chi connectivity index (χ0n) is 12.7. The van der Waals surface area contributed by atoms with Crippen molar-refractivity contribution >= 4 is 16.9 Å². The topological polar surface area (TPSA) is 64.9 Å². The number of nitrogens with one attached hydrogen (secondary N) is 1. The third-order valence-electron chi connectivity index (χ3n) is 3.18. The van der Waals surface area contributed by atoms with Crippen molar-refractivity contribution in [3.63, 3.8) is 0 Å². The highest BCUT2D eigenvalue weighted by Gasteiger charge is 2.10. The van der Waals surface area contributed by atoms with Crippen LogP contribution in [0.3, 0.4) is 0 Å². The lowest BCUT2D eigenvalue weighted by Gasteiger charge is -2.07. The van der Waals surface area contributed by atoms with Gasteiger partial charge in [0.05, 0.1) is 11.6 Å². The predicted octanol–water partition coefficient (Wildman–Crippen LogP) is 2.36. The summed E-state index contributed by atoms with van der Waals surface area (Å²) >= 11 is 0. The van der Waals surface area contributed by atoms with Crippen molar-refractivity contribution in [2.75, 3.05) is 19.0 Å². The first-order valence-corrected chi connectivity index (χ1v) is 7.06. The normalized spacial score (nSPS) is 11.4. The fraction of sp³-hybridized carbons (Fsp3) is 0.643. The Bertz CT molecular complexity index is 564. The second-order valence-electron chi connectivity index (χ2n) is 5.33. The van der Waals surface area contributed by atoms with Gasteiger partial charge in [-0.3, -0.25) is 4.68 Å². The van der Waals surface area contributed by atoms with E-state index in [2.05, 4.69) is 34.2 Å². The second kappa shape index (κ2) is 6.65. The molecule has 20 heavy (non-hydrogen) atoms. The molecule has 0 saturated heterocycles. The van der Waals surface area contributed by atoms with Gasteiger partial charge in [-0.2, -0.15) is 5.10 Å². The standard InChI is InChI=1S/C14H23N5O/c1-10(2)6-5-7-20-9-12-17-13(15-3)11-8-16-19(4)14(11)18-12/h8,10H,5-7,9H2,1-4H3,(H,15,17,18). The van der Waals surface area contributed by atoms with E-state index in [9.17, 15) is 0 Å². The molecule has 0 unspecified atom stereocenters.